The Balaban J connectivity index is 1.78. The van der Waals surface area contributed by atoms with E-state index in [4.69, 9.17) is 33.3 Å². The van der Waals surface area contributed by atoms with Crippen LogP contribution in [0.3, 0.4) is 0 Å². The SMILES string of the molecule is COc1ccc(/C=C2\SC(=S)N(NC(=O)c3ccc(Cl)cc3)C2=O)cc1OC. The van der Waals surface area contributed by atoms with Crippen LogP contribution in [-0.2, 0) is 4.79 Å². The van der Waals surface area contributed by atoms with Crippen molar-refractivity contribution in [1.29, 1.82) is 0 Å². The Kier molecular flexibility index (Phi) is 6.23. The molecule has 6 nitrogen and oxygen atoms in total. The highest BCUT2D eigenvalue weighted by molar-refractivity contribution is 8.26. The van der Waals surface area contributed by atoms with E-state index >= 15 is 0 Å². The Morgan fingerprint density at radius 1 is 1.14 bits per heavy atom. The lowest BCUT2D eigenvalue weighted by Crippen LogP contribution is -2.44. The average Bonchev–Trinajstić information content (AvgIpc) is 2.95. The van der Waals surface area contributed by atoms with Crippen LogP contribution in [0.4, 0.5) is 0 Å². The number of hydrogen-bond donors (Lipinski definition) is 1. The minimum atomic E-state index is -0.458. The molecule has 0 unspecified atom stereocenters. The normalized spacial score (nSPS) is 15.1. The highest BCUT2D eigenvalue weighted by Gasteiger charge is 2.33. The molecule has 3 rings (SSSR count). The number of methoxy groups -OCH3 is 2. The molecule has 0 atom stereocenters. The van der Waals surface area contributed by atoms with E-state index in [-0.39, 0.29) is 4.32 Å². The summed E-state index contributed by atoms with van der Waals surface area (Å²) < 4.78 is 10.7. The number of carbonyl (C=O) groups excluding carboxylic acids is 2. The monoisotopic (exact) mass is 434 g/mol. The Morgan fingerprint density at radius 2 is 1.82 bits per heavy atom. The molecule has 0 radical (unpaired) electrons. The first-order valence-electron chi connectivity index (χ1n) is 7.99. The zero-order chi connectivity index (χ0) is 20.3. The first-order valence-corrected chi connectivity index (χ1v) is 9.59. The molecule has 2 amide bonds. The van der Waals surface area contributed by atoms with Gasteiger partial charge in [0.25, 0.3) is 11.8 Å². The van der Waals surface area contributed by atoms with Crippen LogP contribution in [0.1, 0.15) is 15.9 Å². The average molecular weight is 435 g/mol. The number of hydrazine groups is 1. The van der Waals surface area contributed by atoms with Crippen LogP contribution in [0.25, 0.3) is 6.08 Å². The quantitative estimate of drug-likeness (QED) is 0.568. The molecule has 28 heavy (non-hydrogen) atoms. The molecule has 0 saturated carbocycles. The van der Waals surface area contributed by atoms with E-state index in [1.54, 1.807) is 55.7 Å². The molecule has 1 aliphatic heterocycles. The van der Waals surface area contributed by atoms with E-state index in [1.165, 1.54) is 7.11 Å². The maximum absolute atomic E-state index is 12.7. The molecular formula is C19H15ClN2O4S2. The number of hydrogen-bond acceptors (Lipinski definition) is 6. The van der Waals surface area contributed by atoms with Crippen molar-refractivity contribution in [3.8, 4) is 11.5 Å². The van der Waals surface area contributed by atoms with E-state index < -0.39 is 11.8 Å². The fraction of sp³-hybridized carbons (Fsp3) is 0.105. The lowest BCUT2D eigenvalue weighted by atomic mass is 10.2. The summed E-state index contributed by atoms with van der Waals surface area (Å²) in [6, 6.07) is 11.6. The molecule has 0 aliphatic carbocycles. The summed E-state index contributed by atoms with van der Waals surface area (Å²) in [6.45, 7) is 0. The summed E-state index contributed by atoms with van der Waals surface area (Å²) >= 11 is 12.2. The standard InChI is InChI=1S/C19H15ClN2O4S2/c1-25-14-8-3-11(9-15(14)26-2)10-16-18(24)22(19(27)28-16)21-17(23)12-4-6-13(20)7-5-12/h3-10H,1-2H3,(H,21,23)/b16-10-. The van der Waals surface area contributed by atoms with E-state index in [1.807, 2.05) is 0 Å². The van der Waals surface area contributed by atoms with Crippen LogP contribution < -0.4 is 14.9 Å². The fourth-order valence-electron chi connectivity index (χ4n) is 2.43. The predicted molar refractivity (Wildman–Crippen MR) is 113 cm³/mol. The van der Waals surface area contributed by atoms with Gasteiger partial charge in [0.05, 0.1) is 19.1 Å². The van der Waals surface area contributed by atoms with Crippen molar-refractivity contribution in [3.63, 3.8) is 0 Å². The molecule has 0 bridgehead atoms. The largest absolute Gasteiger partial charge is 0.493 e. The molecule has 1 saturated heterocycles. The van der Waals surface area contributed by atoms with Gasteiger partial charge in [0, 0.05) is 10.6 Å². The van der Waals surface area contributed by atoms with Gasteiger partial charge in [-0.2, -0.15) is 5.01 Å². The van der Waals surface area contributed by atoms with Gasteiger partial charge >= 0.3 is 0 Å². The molecule has 2 aromatic carbocycles. The molecular weight excluding hydrogens is 420 g/mol. The number of nitrogens with zero attached hydrogens (tertiary/aromatic N) is 1. The third-order valence-electron chi connectivity index (χ3n) is 3.82. The summed E-state index contributed by atoms with van der Waals surface area (Å²) in [7, 11) is 3.08. The van der Waals surface area contributed by atoms with Gasteiger partial charge in [-0.1, -0.05) is 29.4 Å². The van der Waals surface area contributed by atoms with Crippen molar-refractivity contribution >= 4 is 57.8 Å². The van der Waals surface area contributed by atoms with Gasteiger partial charge in [0.1, 0.15) is 0 Å². The number of thiocarbonyl (C=S) groups is 1. The first-order chi connectivity index (χ1) is 13.4. The third-order valence-corrected chi connectivity index (χ3v) is 5.37. The predicted octanol–water partition coefficient (Wildman–Crippen LogP) is 3.90. The van der Waals surface area contributed by atoms with Crippen molar-refractivity contribution < 1.29 is 19.1 Å². The lowest BCUT2D eigenvalue weighted by Gasteiger charge is -2.15. The van der Waals surface area contributed by atoms with Gasteiger partial charge in [-0.05, 0) is 60.3 Å². The van der Waals surface area contributed by atoms with Gasteiger partial charge in [-0.15, -0.1) is 0 Å². The lowest BCUT2D eigenvalue weighted by molar-refractivity contribution is -0.123. The maximum atomic E-state index is 12.7. The molecule has 9 heteroatoms. The van der Waals surface area contributed by atoms with Gasteiger partial charge in [-0.3, -0.25) is 15.0 Å². The van der Waals surface area contributed by atoms with Gasteiger partial charge in [-0.25, -0.2) is 0 Å². The second-order valence-corrected chi connectivity index (χ2v) is 7.69. The van der Waals surface area contributed by atoms with Crippen LogP contribution in [0, 0.1) is 0 Å². The van der Waals surface area contributed by atoms with E-state index in [2.05, 4.69) is 5.43 Å². The summed E-state index contributed by atoms with van der Waals surface area (Å²) in [5.74, 6) is 0.262. The number of carbonyl (C=O) groups is 2. The van der Waals surface area contributed by atoms with Crippen molar-refractivity contribution in [2.45, 2.75) is 0 Å². The Morgan fingerprint density at radius 3 is 2.46 bits per heavy atom. The number of amides is 2. The number of benzene rings is 2. The van der Waals surface area contributed by atoms with E-state index in [9.17, 15) is 9.59 Å². The Bertz CT molecular complexity index is 976. The second-order valence-electron chi connectivity index (χ2n) is 5.58. The molecule has 0 aromatic heterocycles. The van der Waals surface area contributed by atoms with Crippen molar-refractivity contribution in [3.05, 3.63) is 63.5 Å². The summed E-state index contributed by atoms with van der Waals surface area (Å²) in [5.41, 5.74) is 3.63. The molecule has 1 fully saturated rings. The number of halogens is 1. The van der Waals surface area contributed by atoms with Crippen molar-refractivity contribution in [1.82, 2.24) is 10.4 Å². The van der Waals surface area contributed by atoms with Crippen molar-refractivity contribution in [2.75, 3.05) is 14.2 Å². The Hall–Kier alpha value is -2.55. The Labute approximate surface area is 176 Å². The number of ether oxygens (including phenoxy) is 2. The van der Waals surface area contributed by atoms with Gasteiger partial charge < -0.3 is 9.47 Å². The molecule has 0 spiro atoms. The van der Waals surface area contributed by atoms with Crippen LogP contribution in [0.15, 0.2) is 47.4 Å². The number of rotatable bonds is 5. The van der Waals surface area contributed by atoms with Crippen LogP contribution in [-0.4, -0.2) is 35.4 Å². The number of nitrogens with one attached hydrogen (secondary N) is 1. The van der Waals surface area contributed by atoms with Gasteiger partial charge in [0.15, 0.2) is 15.8 Å². The van der Waals surface area contributed by atoms with E-state index in [0.29, 0.717) is 27.0 Å². The summed E-state index contributed by atoms with van der Waals surface area (Å²) in [4.78, 5) is 25.4. The zero-order valence-electron chi connectivity index (χ0n) is 14.9. The first kappa shape index (κ1) is 20.2. The second kappa shape index (κ2) is 8.64. The highest BCUT2D eigenvalue weighted by Crippen LogP contribution is 2.34. The number of thioether (sulfide) groups is 1. The topological polar surface area (TPSA) is 67.9 Å². The molecule has 1 aliphatic rings. The third kappa shape index (κ3) is 4.30. The van der Waals surface area contributed by atoms with Gasteiger partial charge in [0.2, 0.25) is 0 Å². The molecule has 144 valence electrons. The minimum absolute atomic E-state index is 0.235. The highest BCUT2D eigenvalue weighted by atomic mass is 35.5. The fourth-order valence-corrected chi connectivity index (χ4v) is 3.73. The van der Waals surface area contributed by atoms with Crippen LogP contribution in [0.2, 0.25) is 5.02 Å². The summed E-state index contributed by atoms with van der Waals surface area (Å²) in [6.07, 6.45) is 1.68. The molecule has 2 aromatic rings. The molecule has 1 heterocycles. The molecule has 1 N–H and O–H groups in total. The van der Waals surface area contributed by atoms with E-state index in [0.717, 1.165) is 22.3 Å². The van der Waals surface area contributed by atoms with Crippen LogP contribution in [0.5, 0.6) is 11.5 Å². The smallest absolute Gasteiger partial charge is 0.285 e. The van der Waals surface area contributed by atoms with Crippen molar-refractivity contribution in [2.24, 2.45) is 0 Å². The van der Waals surface area contributed by atoms with Crippen LogP contribution >= 0.6 is 35.6 Å². The zero-order valence-corrected chi connectivity index (χ0v) is 17.3. The summed E-state index contributed by atoms with van der Waals surface area (Å²) in [5, 5.41) is 1.57. The maximum Gasteiger partial charge on any atom is 0.285 e. The minimum Gasteiger partial charge on any atom is -0.493 e.